The van der Waals surface area contributed by atoms with E-state index in [-0.39, 0.29) is 11.8 Å². The summed E-state index contributed by atoms with van der Waals surface area (Å²) in [6, 6.07) is 21.4. The quantitative estimate of drug-likeness (QED) is 0.248. The highest BCUT2D eigenvalue weighted by atomic mass is 35.5. The number of hydrogen-bond acceptors (Lipinski definition) is 4. The zero-order valence-electron chi connectivity index (χ0n) is 16.9. The maximum Gasteiger partial charge on any atom is 0.283 e. The monoisotopic (exact) mass is 481 g/mol. The highest BCUT2D eigenvalue weighted by molar-refractivity contribution is 7.21. The number of anilines is 1. The van der Waals surface area contributed by atoms with Gasteiger partial charge in [-0.3, -0.25) is 9.59 Å². The van der Waals surface area contributed by atoms with Gasteiger partial charge in [0.25, 0.3) is 11.8 Å². The minimum atomic E-state index is -0.359. The van der Waals surface area contributed by atoms with E-state index in [4.69, 9.17) is 23.2 Å². The molecule has 4 rings (SSSR count). The molecule has 0 saturated heterocycles. The van der Waals surface area contributed by atoms with Gasteiger partial charge in [-0.05, 0) is 55.0 Å². The molecule has 0 bridgehead atoms. The lowest BCUT2D eigenvalue weighted by Crippen LogP contribution is -2.18. The summed E-state index contributed by atoms with van der Waals surface area (Å²) in [7, 11) is 0. The summed E-state index contributed by atoms with van der Waals surface area (Å²) in [6.07, 6.45) is 0. The first-order chi connectivity index (χ1) is 15.4. The van der Waals surface area contributed by atoms with Gasteiger partial charge in [0, 0.05) is 26.4 Å². The van der Waals surface area contributed by atoms with Gasteiger partial charge in [0.1, 0.15) is 4.88 Å². The fourth-order valence-corrected chi connectivity index (χ4v) is 4.54. The standard InChI is InChI=1S/C24H17Cl2N3O2S/c1-14(28-29-24(31)22-21(26)19-4-2-3-5-20(19)32-22)15-8-12-18(13-9-15)27-23(30)16-6-10-17(25)11-7-16/h2-13H,1H3,(H,27,30)(H,29,31)/b28-14-. The van der Waals surface area contributed by atoms with Crippen LogP contribution < -0.4 is 10.7 Å². The van der Waals surface area contributed by atoms with Crippen LogP contribution in [0.4, 0.5) is 5.69 Å². The molecule has 0 aliphatic heterocycles. The normalized spacial score (nSPS) is 11.4. The maximum atomic E-state index is 12.6. The van der Waals surface area contributed by atoms with Crippen molar-refractivity contribution < 1.29 is 9.59 Å². The third-order valence-electron chi connectivity index (χ3n) is 4.73. The van der Waals surface area contributed by atoms with E-state index in [9.17, 15) is 9.59 Å². The number of amides is 2. The average molecular weight is 482 g/mol. The molecule has 0 saturated carbocycles. The van der Waals surface area contributed by atoms with Gasteiger partial charge in [0.05, 0.1) is 10.7 Å². The number of nitrogens with one attached hydrogen (secondary N) is 2. The Morgan fingerprint density at radius 1 is 0.844 bits per heavy atom. The molecule has 1 aromatic heterocycles. The van der Waals surface area contributed by atoms with Crippen LogP contribution in [-0.2, 0) is 0 Å². The molecule has 4 aromatic rings. The molecule has 1 heterocycles. The summed E-state index contributed by atoms with van der Waals surface area (Å²) in [5, 5.41) is 8.87. The van der Waals surface area contributed by atoms with Crippen molar-refractivity contribution in [2.75, 3.05) is 5.32 Å². The van der Waals surface area contributed by atoms with Gasteiger partial charge in [0.2, 0.25) is 0 Å². The van der Waals surface area contributed by atoms with Gasteiger partial charge in [-0.25, -0.2) is 5.43 Å². The highest BCUT2D eigenvalue weighted by Gasteiger charge is 2.16. The van der Waals surface area contributed by atoms with Gasteiger partial charge in [-0.2, -0.15) is 5.10 Å². The minimum absolute atomic E-state index is 0.229. The summed E-state index contributed by atoms with van der Waals surface area (Å²) in [5.41, 5.74) is 5.14. The Balaban J connectivity index is 1.42. The van der Waals surface area contributed by atoms with Crippen molar-refractivity contribution >= 4 is 67.8 Å². The third kappa shape index (κ3) is 4.83. The number of carbonyl (C=O) groups excluding carboxylic acids is 2. The van der Waals surface area contributed by atoms with Crippen LogP contribution in [0, 0.1) is 0 Å². The number of hydrogen-bond donors (Lipinski definition) is 2. The Morgan fingerprint density at radius 3 is 2.19 bits per heavy atom. The third-order valence-corrected chi connectivity index (χ3v) is 6.66. The number of fused-ring (bicyclic) bond motifs is 1. The summed E-state index contributed by atoms with van der Waals surface area (Å²) in [5.74, 6) is -0.588. The molecule has 0 aliphatic rings. The largest absolute Gasteiger partial charge is 0.322 e. The Morgan fingerprint density at radius 2 is 1.50 bits per heavy atom. The number of rotatable bonds is 5. The van der Waals surface area contributed by atoms with Crippen LogP contribution in [-0.4, -0.2) is 17.5 Å². The predicted molar refractivity (Wildman–Crippen MR) is 132 cm³/mol. The Hall–Kier alpha value is -3.19. The molecule has 2 N–H and O–H groups in total. The Kier molecular flexibility index (Phi) is 6.55. The number of thiophene rings is 1. The Labute approximate surface area is 198 Å². The zero-order chi connectivity index (χ0) is 22.7. The average Bonchev–Trinajstić information content (AvgIpc) is 3.15. The van der Waals surface area contributed by atoms with Crippen molar-refractivity contribution in [3.05, 3.63) is 98.8 Å². The molecule has 2 amide bonds. The summed E-state index contributed by atoms with van der Waals surface area (Å²) in [4.78, 5) is 25.3. The van der Waals surface area contributed by atoms with E-state index in [0.717, 1.165) is 15.6 Å². The second-order valence-electron chi connectivity index (χ2n) is 6.92. The van der Waals surface area contributed by atoms with Crippen molar-refractivity contribution in [1.82, 2.24) is 5.43 Å². The molecule has 0 radical (unpaired) electrons. The van der Waals surface area contributed by atoms with Gasteiger partial charge in [0.15, 0.2) is 0 Å². The van der Waals surface area contributed by atoms with Crippen LogP contribution in [0.25, 0.3) is 10.1 Å². The molecule has 3 aromatic carbocycles. The smallest absolute Gasteiger partial charge is 0.283 e. The minimum Gasteiger partial charge on any atom is -0.322 e. The van der Waals surface area contributed by atoms with Crippen LogP contribution in [0.5, 0.6) is 0 Å². The molecular formula is C24H17Cl2N3O2S. The summed E-state index contributed by atoms with van der Waals surface area (Å²) >= 11 is 13.5. The molecule has 5 nitrogen and oxygen atoms in total. The van der Waals surface area contributed by atoms with Gasteiger partial charge < -0.3 is 5.32 Å². The van der Waals surface area contributed by atoms with Gasteiger partial charge in [-0.15, -0.1) is 11.3 Å². The van der Waals surface area contributed by atoms with Gasteiger partial charge >= 0.3 is 0 Å². The fourth-order valence-electron chi connectivity index (χ4n) is 3.01. The lowest BCUT2D eigenvalue weighted by Gasteiger charge is -2.07. The highest BCUT2D eigenvalue weighted by Crippen LogP contribution is 2.34. The number of benzene rings is 3. The molecule has 0 fully saturated rings. The topological polar surface area (TPSA) is 70.6 Å². The molecule has 0 unspecified atom stereocenters. The van der Waals surface area contributed by atoms with Crippen molar-refractivity contribution in [3.63, 3.8) is 0 Å². The first-order valence-electron chi connectivity index (χ1n) is 9.61. The van der Waals surface area contributed by atoms with Crippen molar-refractivity contribution in [1.29, 1.82) is 0 Å². The van der Waals surface area contributed by atoms with Crippen LogP contribution >= 0.6 is 34.5 Å². The maximum absolute atomic E-state index is 12.6. The number of hydrazone groups is 1. The van der Waals surface area contributed by atoms with E-state index in [1.165, 1.54) is 11.3 Å². The Bertz CT molecular complexity index is 1330. The van der Waals surface area contributed by atoms with Crippen LogP contribution in [0.2, 0.25) is 10.0 Å². The van der Waals surface area contributed by atoms with E-state index < -0.39 is 0 Å². The first kappa shape index (κ1) is 22.0. The molecule has 0 aliphatic carbocycles. The number of carbonyl (C=O) groups is 2. The number of nitrogens with zero attached hydrogens (tertiary/aromatic N) is 1. The van der Waals surface area contributed by atoms with E-state index in [0.29, 0.717) is 31.9 Å². The molecule has 0 atom stereocenters. The van der Waals surface area contributed by atoms with Crippen LogP contribution in [0.1, 0.15) is 32.5 Å². The second kappa shape index (κ2) is 9.53. The lowest BCUT2D eigenvalue weighted by atomic mass is 10.1. The van der Waals surface area contributed by atoms with E-state index >= 15 is 0 Å². The fraction of sp³-hybridized carbons (Fsp3) is 0.0417. The lowest BCUT2D eigenvalue weighted by molar-refractivity contribution is 0.0958. The van der Waals surface area contributed by atoms with Crippen molar-refractivity contribution in [2.45, 2.75) is 6.92 Å². The molecular weight excluding hydrogens is 465 g/mol. The van der Waals surface area contributed by atoms with Crippen LogP contribution in [0.3, 0.4) is 0 Å². The first-order valence-corrected chi connectivity index (χ1v) is 11.2. The predicted octanol–water partition coefficient (Wildman–Crippen LogP) is 6.61. The van der Waals surface area contributed by atoms with Crippen LogP contribution in [0.15, 0.2) is 77.9 Å². The molecule has 160 valence electrons. The molecule has 0 spiro atoms. The molecule has 8 heteroatoms. The summed E-state index contributed by atoms with van der Waals surface area (Å²) in [6.45, 7) is 1.79. The van der Waals surface area contributed by atoms with E-state index in [1.54, 1.807) is 43.3 Å². The van der Waals surface area contributed by atoms with Crippen molar-refractivity contribution in [2.24, 2.45) is 5.10 Å². The SMILES string of the molecule is C/C(=N/NC(=O)c1sc2ccccc2c1Cl)c1ccc(NC(=O)c2ccc(Cl)cc2)cc1. The van der Waals surface area contributed by atoms with E-state index in [1.807, 2.05) is 36.4 Å². The summed E-state index contributed by atoms with van der Waals surface area (Å²) < 4.78 is 0.944. The number of halogens is 2. The van der Waals surface area contributed by atoms with E-state index in [2.05, 4.69) is 15.8 Å². The van der Waals surface area contributed by atoms with Crippen molar-refractivity contribution in [3.8, 4) is 0 Å². The second-order valence-corrected chi connectivity index (χ2v) is 8.78. The molecule has 32 heavy (non-hydrogen) atoms. The van der Waals surface area contributed by atoms with Gasteiger partial charge in [-0.1, -0.05) is 53.5 Å². The zero-order valence-corrected chi connectivity index (χ0v) is 19.2.